The van der Waals surface area contributed by atoms with Crippen LogP contribution in [0.5, 0.6) is 0 Å². The predicted octanol–water partition coefficient (Wildman–Crippen LogP) is 6.27. The summed E-state index contributed by atoms with van der Waals surface area (Å²) in [4.78, 5) is 26.4. The molecule has 1 atom stereocenters. The van der Waals surface area contributed by atoms with Gasteiger partial charge in [0.15, 0.2) is 6.10 Å². The molecule has 4 heteroatoms. The smallest absolute Gasteiger partial charge is 0.306 e. The van der Waals surface area contributed by atoms with Gasteiger partial charge in [-0.1, -0.05) is 85.0 Å². The fourth-order valence-electron chi connectivity index (χ4n) is 3.17. The van der Waals surface area contributed by atoms with Crippen LogP contribution in [0.2, 0.25) is 0 Å². The Balaban J connectivity index is 3.94. The molecule has 0 saturated carbocycles. The van der Waals surface area contributed by atoms with Crippen molar-refractivity contribution in [3.05, 3.63) is 0 Å². The van der Waals surface area contributed by atoms with E-state index < -0.39 is 6.10 Å². The first kappa shape index (κ1) is 25.9. The van der Waals surface area contributed by atoms with E-state index in [1.165, 1.54) is 44.9 Å². The average molecular weight is 384 g/mol. The molecule has 0 saturated heterocycles. The summed E-state index contributed by atoms with van der Waals surface area (Å²) in [5.74, 6) is -0.276. The summed E-state index contributed by atoms with van der Waals surface area (Å²) in [5, 5.41) is 0. The van der Waals surface area contributed by atoms with Crippen LogP contribution in [0.25, 0.3) is 0 Å². The Morgan fingerprint density at radius 2 is 1.15 bits per heavy atom. The van der Waals surface area contributed by atoms with Crippen LogP contribution in [0, 0.1) is 0 Å². The Bertz CT molecular complexity index is 363. The molecule has 0 N–H and O–H groups in total. The van der Waals surface area contributed by atoms with Crippen molar-refractivity contribution in [1.82, 2.24) is 4.90 Å². The van der Waals surface area contributed by atoms with Crippen LogP contribution in [0.15, 0.2) is 0 Å². The molecule has 0 heterocycles. The number of amides is 1. The molecule has 0 aliphatic rings. The van der Waals surface area contributed by atoms with Crippen LogP contribution < -0.4 is 0 Å². The lowest BCUT2D eigenvalue weighted by Crippen LogP contribution is -2.41. The van der Waals surface area contributed by atoms with E-state index in [9.17, 15) is 9.59 Å². The summed E-state index contributed by atoms with van der Waals surface area (Å²) in [7, 11) is 0. The van der Waals surface area contributed by atoms with Gasteiger partial charge in [0, 0.05) is 19.5 Å². The molecular formula is C23H45NO3. The minimum Gasteiger partial charge on any atom is -0.453 e. The molecule has 0 aromatic heterocycles. The molecule has 0 aromatic rings. The first-order chi connectivity index (χ1) is 13.1. The highest BCUT2D eigenvalue weighted by Crippen LogP contribution is 2.12. The standard InChI is InChI=1S/C23H45NO3/c1-5-8-11-12-13-14-15-16-17-18-22(25)27-21(4)23(26)24(19-9-6-2)20-10-7-3/h21H,5-20H2,1-4H3/t21-/m0/s1. The largest absolute Gasteiger partial charge is 0.453 e. The molecule has 0 radical (unpaired) electrons. The van der Waals surface area contributed by atoms with E-state index in [0.29, 0.717) is 6.42 Å². The summed E-state index contributed by atoms with van der Waals surface area (Å²) in [6.45, 7) is 9.71. The first-order valence-corrected chi connectivity index (χ1v) is 11.5. The molecule has 0 aliphatic carbocycles. The number of hydrogen-bond donors (Lipinski definition) is 0. The molecule has 27 heavy (non-hydrogen) atoms. The number of hydrogen-bond acceptors (Lipinski definition) is 3. The van der Waals surface area contributed by atoms with Crippen LogP contribution in [-0.2, 0) is 14.3 Å². The highest BCUT2D eigenvalue weighted by atomic mass is 16.5. The van der Waals surface area contributed by atoms with E-state index in [4.69, 9.17) is 4.74 Å². The quantitative estimate of drug-likeness (QED) is 0.207. The van der Waals surface area contributed by atoms with E-state index in [-0.39, 0.29) is 11.9 Å². The normalized spacial score (nSPS) is 12.0. The monoisotopic (exact) mass is 383 g/mol. The molecule has 0 rings (SSSR count). The third-order valence-corrected chi connectivity index (χ3v) is 5.02. The maximum Gasteiger partial charge on any atom is 0.306 e. The number of ether oxygens (including phenoxy) is 1. The van der Waals surface area contributed by atoms with Gasteiger partial charge in [0.25, 0.3) is 5.91 Å². The van der Waals surface area contributed by atoms with Gasteiger partial charge < -0.3 is 9.64 Å². The molecule has 0 bridgehead atoms. The van der Waals surface area contributed by atoms with Gasteiger partial charge >= 0.3 is 5.97 Å². The number of unbranched alkanes of at least 4 members (excludes halogenated alkanes) is 10. The van der Waals surface area contributed by atoms with Crippen molar-refractivity contribution in [2.75, 3.05) is 13.1 Å². The van der Waals surface area contributed by atoms with Crippen molar-refractivity contribution in [2.24, 2.45) is 0 Å². The Kier molecular flexibility index (Phi) is 17.6. The third kappa shape index (κ3) is 14.6. The molecule has 0 aliphatic heterocycles. The van der Waals surface area contributed by atoms with Gasteiger partial charge in [0.05, 0.1) is 0 Å². The molecular weight excluding hydrogens is 338 g/mol. The number of esters is 1. The Labute approximate surface area is 168 Å². The second-order valence-corrected chi connectivity index (χ2v) is 7.74. The summed E-state index contributed by atoms with van der Waals surface area (Å²) < 4.78 is 5.39. The van der Waals surface area contributed by atoms with Gasteiger partial charge in [-0.25, -0.2) is 0 Å². The average Bonchev–Trinajstić information content (AvgIpc) is 2.66. The summed E-state index contributed by atoms with van der Waals surface area (Å²) in [6.07, 6.45) is 14.9. The topological polar surface area (TPSA) is 46.6 Å². The second kappa shape index (κ2) is 18.3. The highest BCUT2D eigenvalue weighted by molar-refractivity contribution is 5.83. The van der Waals surface area contributed by atoms with E-state index >= 15 is 0 Å². The van der Waals surface area contributed by atoms with Crippen molar-refractivity contribution in [1.29, 1.82) is 0 Å². The summed E-state index contributed by atoms with van der Waals surface area (Å²) in [6, 6.07) is 0. The van der Waals surface area contributed by atoms with Crippen molar-refractivity contribution in [2.45, 2.75) is 124 Å². The van der Waals surface area contributed by atoms with E-state index in [1.807, 2.05) is 4.90 Å². The van der Waals surface area contributed by atoms with Crippen molar-refractivity contribution in [3.8, 4) is 0 Å². The van der Waals surface area contributed by atoms with Gasteiger partial charge in [-0.3, -0.25) is 9.59 Å². The van der Waals surface area contributed by atoms with Crippen molar-refractivity contribution >= 4 is 11.9 Å². The van der Waals surface area contributed by atoms with Crippen LogP contribution in [-0.4, -0.2) is 36.0 Å². The zero-order valence-corrected chi connectivity index (χ0v) is 18.6. The SMILES string of the molecule is CCCCCCCCCCCC(=O)O[C@@H](C)C(=O)N(CCCC)CCCC. The fourth-order valence-corrected chi connectivity index (χ4v) is 3.17. The maximum atomic E-state index is 12.6. The van der Waals surface area contributed by atoms with Crippen molar-refractivity contribution in [3.63, 3.8) is 0 Å². The van der Waals surface area contributed by atoms with Crippen LogP contribution in [0.4, 0.5) is 0 Å². The first-order valence-electron chi connectivity index (χ1n) is 11.5. The molecule has 4 nitrogen and oxygen atoms in total. The molecule has 1 amide bonds. The third-order valence-electron chi connectivity index (χ3n) is 5.02. The number of rotatable bonds is 18. The van der Waals surface area contributed by atoms with Gasteiger partial charge in [0.2, 0.25) is 0 Å². The number of carbonyl (C=O) groups excluding carboxylic acids is 2. The molecule has 160 valence electrons. The van der Waals surface area contributed by atoms with Gasteiger partial charge in [-0.15, -0.1) is 0 Å². The molecule has 0 aromatic carbocycles. The lowest BCUT2D eigenvalue weighted by molar-refractivity contribution is -0.159. The van der Waals surface area contributed by atoms with Gasteiger partial charge in [0.1, 0.15) is 0 Å². The Hall–Kier alpha value is -1.06. The van der Waals surface area contributed by atoms with Gasteiger partial charge in [-0.05, 0) is 26.2 Å². The van der Waals surface area contributed by atoms with Crippen molar-refractivity contribution < 1.29 is 14.3 Å². The van der Waals surface area contributed by atoms with Gasteiger partial charge in [-0.2, -0.15) is 0 Å². The van der Waals surface area contributed by atoms with E-state index in [0.717, 1.165) is 51.6 Å². The van der Waals surface area contributed by atoms with Crippen LogP contribution in [0.3, 0.4) is 0 Å². The summed E-state index contributed by atoms with van der Waals surface area (Å²) >= 11 is 0. The highest BCUT2D eigenvalue weighted by Gasteiger charge is 2.23. The minimum absolute atomic E-state index is 0.0441. The molecule has 0 spiro atoms. The predicted molar refractivity (Wildman–Crippen MR) is 114 cm³/mol. The van der Waals surface area contributed by atoms with E-state index in [1.54, 1.807) is 6.92 Å². The molecule has 0 unspecified atom stereocenters. The van der Waals surface area contributed by atoms with E-state index in [2.05, 4.69) is 20.8 Å². The lowest BCUT2D eigenvalue weighted by Gasteiger charge is -2.25. The van der Waals surface area contributed by atoms with Crippen LogP contribution in [0.1, 0.15) is 118 Å². The number of carbonyl (C=O) groups is 2. The zero-order valence-electron chi connectivity index (χ0n) is 18.6. The zero-order chi connectivity index (χ0) is 20.3. The second-order valence-electron chi connectivity index (χ2n) is 7.74. The fraction of sp³-hybridized carbons (Fsp3) is 0.913. The molecule has 0 fully saturated rings. The summed E-state index contributed by atoms with van der Waals surface area (Å²) in [5.41, 5.74) is 0. The maximum absolute atomic E-state index is 12.6. The Morgan fingerprint density at radius 1 is 0.704 bits per heavy atom. The van der Waals surface area contributed by atoms with Crippen LogP contribution >= 0.6 is 0 Å². The number of nitrogens with zero attached hydrogens (tertiary/aromatic N) is 1. The Morgan fingerprint density at radius 3 is 1.63 bits per heavy atom. The lowest BCUT2D eigenvalue weighted by atomic mass is 10.1. The minimum atomic E-state index is -0.662.